The predicted molar refractivity (Wildman–Crippen MR) is 71.2 cm³/mol. The van der Waals surface area contributed by atoms with Crippen molar-refractivity contribution in [2.75, 3.05) is 7.11 Å². The van der Waals surface area contributed by atoms with Crippen LogP contribution in [0.15, 0.2) is 0 Å². The number of rotatable bonds is 7. The van der Waals surface area contributed by atoms with Gasteiger partial charge < -0.3 is 13.9 Å². The maximum atomic E-state index is 11.7. The van der Waals surface area contributed by atoms with Crippen molar-refractivity contribution in [2.45, 2.75) is 63.4 Å². The molecule has 0 N–H and O–H groups in total. The first-order valence-corrected chi connectivity index (χ1v) is 8.67. The maximum Gasteiger partial charge on any atom is 0.321 e. The van der Waals surface area contributed by atoms with Crippen LogP contribution in [0.4, 0.5) is 0 Å². The fraction of sp³-hybridized carbons (Fsp3) is 0.923. The molecule has 0 aromatic heterocycles. The van der Waals surface area contributed by atoms with Crippen LogP contribution in [0.5, 0.6) is 0 Å². The lowest BCUT2D eigenvalue weighted by molar-refractivity contribution is -0.146. The van der Waals surface area contributed by atoms with Crippen molar-refractivity contribution in [1.29, 1.82) is 0 Å². The van der Waals surface area contributed by atoms with E-state index in [4.69, 9.17) is 13.9 Å². The molecule has 18 heavy (non-hydrogen) atoms. The molecule has 5 heteroatoms. The Morgan fingerprint density at radius 2 is 2.28 bits per heavy atom. The van der Waals surface area contributed by atoms with Crippen LogP contribution in [0.1, 0.15) is 39.0 Å². The molecule has 1 aliphatic heterocycles. The Labute approximate surface area is 111 Å². The van der Waals surface area contributed by atoms with Crippen molar-refractivity contribution in [2.24, 2.45) is 5.92 Å². The Kier molecular flexibility index (Phi) is 5.21. The SMILES string of the molecule is CC[SiH2]OC(=O)C(CCC1CCC2OC2C1)OC. The minimum Gasteiger partial charge on any atom is -0.523 e. The van der Waals surface area contributed by atoms with Crippen LogP contribution in [0.3, 0.4) is 0 Å². The van der Waals surface area contributed by atoms with Gasteiger partial charge in [0.15, 0.2) is 6.10 Å². The average molecular weight is 272 g/mol. The van der Waals surface area contributed by atoms with Gasteiger partial charge in [-0.05, 0) is 44.1 Å². The van der Waals surface area contributed by atoms with Gasteiger partial charge in [0, 0.05) is 7.11 Å². The van der Waals surface area contributed by atoms with Crippen LogP contribution in [0.25, 0.3) is 0 Å². The number of ether oxygens (including phenoxy) is 2. The van der Waals surface area contributed by atoms with Gasteiger partial charge in [0.25, 0.3) is 0 Å². The summed E-state index contributed by atoms with van der Waals surface area (Å²) in [7, 11) is 0.928. The number of carbonyl (C=O) groups is 1. The number of hydrogen-bond donors (Lipinski definition) is 0. The molecule has 104 valence electrons. The molecule has 1 saturated carbocycles. The topological polar surface area (TPSA) is 48.1 Å². The summed E-state index contributed by atoms with van der Waals surface area (Å²) in [5.41, 5.74) is 0. The van der Waals surface area contributed by atoms with Gasteiger partial charge in [-0.3, -0.25) is 4.79 Å². The minimum atomic E-state index is -0.669. The Morgan fingerprint density at radius 1 is 1.44 bits per heavy atom. The molecule has 0 amide bonds. The zero-order chi connectivity index (χ0) is 13.0. The lowest BCUT2D eigenvalue weighted by atomic mass is 9.85. The number of fused-ring (bicyclic) bond motifs is 1. The van der Waals surface area contributed by atoms with Gasteiger partial charge in [-0.15, -0.1) is 0 Å². The molecule has 0 spiro atoms. The molecule has 4 nitrogen and oxygen atoms in total. The molecule has 1 heterocycles. The van der Waals surface area contributed by atoms with Gasteiger partial charge in [-0.25, -0.2) is 0 Å². The monoisotopic (exact) mass is 272 g/mol. The second-order valence-electron chi connectivity index (χ2n) is 5.36. The minimum absolute atomic E-state index is 0.151. The first-order chi connectivity index (χ1) is 8.74. The molecule has 2 rings (SSSR count). The van der Waals surface area contributed by atoms with Crippen molar-refractivity contribution in [3.63, 3.8) is 0 Å². The molecule has 1 aliphatic carbocycles. The number of epoxide rings is 1. The molecule has 0 radical (unpaired) electrons. The predicted octanol–water partition coefficient (Wildman–Crippen LogP) is 1.41. The normalized spacial score (nSPS) is 32.2. The third-order valence-corrected chi connectivity index (χ3v) is 4.84. The Hall–Kier alpha value is -0.393. The molecule has 0 bridgehead atoms. The molecule has 4 atom stereocenters. The van der Waals surface area contributed by atoms with E-state index in [2.05, 4.69) is 6.92 Å². The van der Waals surface area contributed by atoms with Crippen LogP contribution in [0.2, 0.25) is 6.04 Å². The summed E-state index contributed by atoms with van der Waals surface area (Å²) in [5, 5.41) is 0. The van der Waals surface area contributed by atoms with E-state index >= 15 is 0 Å². The van der Waals surface area contributed by atoms with Gasteiger partial charge in [0.2, 0.25) is 9.76 Å². The summed E-state index contributed by atoms with van der Waals surface area (Å²) in [4.78, 5) is 11.7. The Bertz CT molecular complexity index is 284. The van der Waals surface area contributed by atoms with E-state index < -0.39 is 9.76 Å². The van der Waals surface area contributed by atoms with E-state index in [1.807, 2.05) is 0 Å². The third-order valence-electron chi connectivity index (χ3n) is 3.95. The second kappa shape index (κ2) is 6.68. The number of methoxy groups -OCH3 is 1. The van der Waals surface area contributed by atoms with Crippen molar-refractivity contribution >= 4 is 15.7 Å². The van der Waals surface area contributed by atoms with Gasteiger partial charge >= 0.3 is 5.97 Å². The maximum absolute atomic E-state index is 11.7. The molecule has 4 unspecified atom stereocenters. The Morgan fingerprint density at radius 3 is 2.94 bits per heavy atom. The molecular weight excluding hydrogens is 248 g/mol. The smallest absolute Gasteiger partial charge is 0.321 e. The zero-order valence-corrected chi connectivity index (χ0v) is 12.8. The summed E-state index contributed by atoms with van der Waals surface area (Å²) in [6, 6.07) is 0.991. The van der Waals surface area contributed by atoms with Gasteiger partial charge in [0.1, 0.15) is 0 Å². The van der Waals surface area contributed by atoms with Crippen molar-refractivity contribution in [3.05, 3.63) is 0 Å². The Balaban J connectivity index is 1.67. The highest BCUT2D eigenvalue weighted by atomic mass is 28.2. The molecular formula is C13H24O4Si. The highest BCUT2D eigenvalue weighted by Crippen LogP contribution is 2.41. The van der Waals surface area contributed by atoms with Crippen molar-refractivity contribution in [1.82, 2.24) is 0 Å². The third kappa shape index (κ3) is 3.80. The first kappa shape index (κ1) is 14.0. The summed E-state index contributed by atoms with van der Waals surface area (Å²) in [6.07, 6.45) is 6.14. The van der Waals surface area contributed by atoms with Gasteiger partial charge in [-0.2, -0.15) is 0 Å². The highest BCUT2D eigenvalue weighted by molar-refractivity contribution is 6.30. The lowest BCUT2D eigenvalue weighted by Gasteiger charge is -2.21. The first-order valence-electron chi connectivity index (χ1n) is 7.09. The lowest BCUT2D eigenvalue weighted by Crippen LogP contribution is -2.27. The molecule has 2 fully saturated rings. The zero-order valence-electron chi connectivity index (χ0n) is 11.4. The van der Waals surface area contributed by atoms with Crippen LogP contribution in [-0.4, -0.2) is 41.2 Å². The summed E-state index contributed by atoms with van der Waals surface area (Å²) >= 11 is 0. The highest BCUT2D eigenvalue weighted by Gasteiger charge is 2.43. The standard InChI is InChI=1S/C13H24O4Si/c1-3-18-17-13(14)11(15-2)7-5-9-4-6-10-12(8-9)16-10/h9-12H,3-8,18H2,1-2H3. The number of hydrogen-bond acceptors (Lipinski definition) is 4. The van der Waals surface area contributed by atoms with Crippen molar-refractivity contribution in [3.8, 4) is 0 Å². The molecule has 0 aromatic rings. The van der Waals surface area contributed by atoms with E-state index in [0.717, 1.165) is 18.9 Å². The second-order valence-corrected chi connectivity index (χ2v) is 7.06. The van der Waals surface area contributed by atoms with E-state index in [1.54, 1.807) is 7.11 Å². The summed E-state index contributed by atoms with van der Waals surface area (Å²) < 4.78 is 16.0. The van der Waals surface area contributed by atoms with Crippen molar-refractivity contribution < 1.29 is 18.7 Å². The van der Waals surface area contributed by atoms with E-state index in [-0.39, 0.29) is 12.1 Å². The van der Waals surface area contributed by atoms with Gasteiger partial charge in [-0.1, -0.05) is 6.92 Å². The summed E-state index contributed by atoms with van der Waals surface area (Å²) in [5.74, 6) is 0.546. The molecule has 1 saturated heterocycles. The largest absolute Gasteiger partial charge is 0.523 e. The van der Waals surface area contributed by atoms with Gasteiger partial charge in [0.05, 0.1) is 12.2 Å². The fourth-order valence-electron chi connectivity index (χ4n) is 2.76. The molecule has 0 aromatic carbocycles. The fourth-order valence-corrected chi connectivity index (χ4v) is 3.35. The average Bonchev–Trinajstić information content (AvgIpc) is 3.15. The quantitative estimate of drug-likeness (QED) is 0.519. The van der Waals surface area contributed by atoms with E-state index in [1.165, 1.54) is 19.3 Å². The van der Waals surface area contributed by atoms with E-state index in [0.29, 0.717) is 18.1 Å². The molecule has 2 aliphatic rings. The van der Waals surface area contributed by atoms with Crippen LogP contribution in [0, 0.1) is 5.92 Å². The number of carbonyl (C=O) groups excluding carboxylic acids is 1. The van der Waals surface area contributed by atoms with Crippen LogP contribution < -0.4 is 0 Å². The van der Waals surface area contributed by atoms with E-state index in [9.17, 15) is 4.79 Å². The van der Waals surface area contributed by atoms with Crippen LogP contribution >= 0.6 is 0 Å². The summed E-state index contributed by atoms with van der Waals surface area (Å²) in [6.45, 7) is 2.05. The van der Waals surface area contributed by atoms with Crippen LogP contribution in [-0.2, 0) is 18.7 Å².